The van der Waals surface area contributed by atoms with Crippen molar-refractivity contribution >= 4 is 9.84 Å². The van der Waals surface area contributed by atoms with Crippen molar-refractivity contribution in [2.75, 3.05) is 5.75 Å². The highest BCUT2D eigenvalue weighted by atomic mass is 32.2. The third-order valence-electron chi connectivity index (χ3n) is 4.85. The molecule has 1 aliphatic heterocycles. The van der Waals surface area contributed by atoms with Crippen LogP contribution in [0.3, 0.4) is 0 Å². The van der Waals surface area contributed by atoms with Crippen LogP contribution in [0, 0.1) is 0 Å². The lowest BCUT2D eigenvalue weighted by Crippen LogP contribution is -2.47. The van der Waals surface area contributed by atoms with Crippen LogP contribution < -0.4 is 0 Å². The third-order valence-corrected chi connectivity index (χ3v) is 7.02. The zero-order valence-electron chi connectivity index (χ0n) is 14.6. The summed E-state index contributed by atoms with van der Waals surface area (Å²) >= 11 is 0. The van der Waals surface area contributed by atoms with Gasteiger partial charge < -0.3 is 5.11 Å². The van der Waals surface area contributed by atoms with Gasteiger partial charge >= 0.3 is 0 Å². The topological polar surface area (TPSA) is 54.4 Å². The van der Waals surface area contributed by atoms with E-state index in [-0.39, 0.29) is 11.7 Å². The Labute approximate surface area is 149 Å². The Bertz CT molecular complexity index is 853. The minimum atomic E-state index is -3.50. The quantitative estimate of drug-likeness (QED) is 0.851. The van der Waals surface area contributed by atoms with Crippen molar-refractivity contribution in [2.24, 2.45) is 0 Å². The van der Waals surface area contributed by atoms with E-state index in [1.54, 1.807) is 12.1 Å². The highest BCUT2D eigenvalue weighted by Gasteiger charge is 2.48. The van der Waals surface area contributed by atoms with E-state index in [1.807, 2.05) is 68.5 Å². The molecule has 0 radical (unpaired) electrons. The Morgan fingerprint density at radius 3 is 2.16 bits per heavy atom. The molecule has 2 aromatic rings. The number of benzene rings is 2. The van der Waals surface area contributed by atoms with Crippen molar-refractivity contribution in [2.45, 2.75) is 37.0 Å². The first-order chi connectivity index (χ1) is 11.8. The second-order valence-corrected chi connectivity index (χ2v) is 9.29. The average molecular weight is 356 g/mol. The lowest BCUT2D eigenvalue weighted by Gasteiger charge is -2.41. The standard InChI is InChI=1S/C21H24O3S/c1-16(2)13-20-19(17-9-5-3-6-10-17)14-21(22,15-25(20,23)24)18-11-7-4-8-12-18/h3-13,19-20,22H,14-15H2,1-2H3. The zero-order valence-corrected chi connectivity index (χ0v) is 15.4. The fourth-order valence-electron chi connectivity index (χ4n) is 3.72. The summed E-state index contributed by atoms with van der Waals surface area (Å²) in [5.74, 6) is -0.526. The summed E-state index contributed by atoms with van der Waals surface area (Å²) in [6.45, 7) is 3.82. The van der Waals surface area contributed by atoms with Crippen LogP contribution in [-0.2, 0) is 15.4 Å². The van der Waals surface area contributed by atoms with Crippen LogP contribution in [0.2, 0.25) is 0 Å². The van der Waals surface area contributed by atoms with E-state index >= 15 is 0 Å². The molecule has 0 spiro atoms. The summed E-state index contributed by atoms with van der Waals surface area (Å²) in [5.41, 5.74) is 1.21. The minimum absolute atomic E-state index is 0.248. The van der Waals surface area contributed by atoms with Crippen LogP contribution in [-0.4, -0.2) is 24.5 Å². The summed E-state index contributed by atoms with van der Waals surface area (Å²) in [7, 11) is -3.50. The van der Waals surface area contributed by atoms with E-state index < -0.39 is 20.7 Å². The summed E-state index contributed by atoms with van der Waals surface area (Å²) in [4.78, 5) is 0. The largest absolute Gasteiger partial charge is 0.384 e. The number of sulfone groups is 1. The molecule has 3 rings (SSSR count). The molecule has 25 heavy (non-hydrogen) atoms. The van der Waals surface area contributed by atoms with Crippen molar-refractivity contribution in [1.82, 2.24) is 0 Å². The van der Waals surface area contributed by atoms with Gasteiger partial charge in [-0.3, -0.25) is 0 Å². The molecule has 1 heterocycles. The normalized spacial score (nSPS) is 28.3. The fourth-order valence-corrected chi connectivity index (χ4v) is 6.10. The van der Waals surface area contributed by atoms with E-state index in [1.165, 1.54) is 0 Å². The highest BCUT2D eigenvalue weighted by Crippen LogP contribution is 2.44. The first-order valence-electron chi connectivity index (χ1n) is 8.51. The Balaban J connectivity index is 2.12. The molecule has 1 N–H and O–H groups in total. The average Bonchev–Trinajstić information content (AvgIpc) is 2.58. The van der Waals surface area contributed by atoms with Gasteiger partial charge in [0.05, 0.1) is 11.0 Å². The first kappa shape index (κ1) is 17.9. The molecule has 0 aromatic heterocycles. The highest BCUT2D eigenvalue weighted by molar-refractivity contribution is 7.92. The molecule has 1 fully saturated rings. The maximum atomic E-state index is 13.1. The molecule has 1 saturated heterocycles. The maximum Gasteiger partial charge on any atom is 0.160 e. The van der Waals surface area contributed by atoms with Gasteiger partial charge in [-0.25, -0.2) is 8.42 Å². The zero-order chi connectivity index (χ0) is 18.1. The number of allylic oxidation sites excluding steroid dienone is 1. The predicted molar refractivity (Wildman–Crippen MR) is 101 cm³/mol. The van der Waals surface area contributed by atoms with Crippen LogP contribution in [0.25, 0.3) is 0 Å². The molecule has 0 amide bonds. The van der Waals surface area contributed by atoms with Crippen LogP contribution in [0.15, 0.2) is 72.3 Å². The smallest absolute Gasteiger partial charge is 0.160 e. The maximum absolute atomic E-state index is 13.1. The molecule has 1 aliphatic rings. The van der Waals surface area contributed by atoms with Gasteiger partial charge in [-0.15, -0.1) is 0 Å². The summed E-state index contributed by atoms with van der Waals surface area (Å²) in [5, 5.41) is 10.7. The number of hydrogen-bond acceptors (Lipinski definition) is 3. The molecule has 0 aliphatic carbocycles. The van der Waals surface area contributed by atoms with Crippen LogP contribution in [0.4, 0.5) is 0 Å². The Morgan fingerprint density at radius 1 is 1.04 bits per heavy atom. The van der Waals surface area contributed by atoms with Gasteiger partial charge in [0.15, 0.2) is 9.84 Å². The van der Waals surface area contributed by atoms with E-state index in [0.717, 1.165) is 11.1 Å². The van der Waals surface area contributed by atoms with Gasteiger partial charge in [0, 0.05) is 5.92 Å². The second kappa shape index (κ2) is 6.77. The van der Waals surface area contributed by atoms with E-state index in [9.17, 15) is 13.5 Å². The van der Waals surface area contributed by atoms with Crippen molar-refractivity contribution < 1.29 is 13.5 Å². The molecule has 3 nitrogen and oxygen atoms in total. The van der Waals surface area contributed by atoms with Gasteiger partial charge in [-0.1, -0.05) is 72.3 Å². The van der Waals surface area contributed by atoms with Crippen LogP contribution in [0.1, 0.15) is 37.3 Å². The fraction of sp³-hybridized carbons (Fsp3) is 0.333. The van der Waals surface area contributed by atoms with Gasteiger partial charge in [0.2, 0.25) is 0 Å². The lowest BCUT2D eigenvalue weighted by atomic mass is 9.80. The molecule has 0 saturated carbocycles. The molecule has 3 unspecified atom stereocenters. The van der Waals surface area contributed by atoms with Crippen LogP contribution in [0.5, 0.6) is 0 Å². The lowest BCUT2D eigenvalue weighted by molar-refractivity contribution is 0.0382. The predicted octanol–water partition coefficient (Wildman–Crippen LogP) is 3.81. The van der Waals surface area contributed by atoms with Crippen molar-refractivity contribution in [3.63, 3.8) is 0 Å². The van der Waals surface area contributed by atoms with Gasteiger partial charge in [0.25, 0.3) is 0 Å². The summed E-state index contributed by atoms with van der Waals surface area (Å²) < 4.78 is 26.2. The summed E-state index contributed by atoms with van der Waals surface area (Å²) in [6.07, 6.45) is 2.21. The number of rotatable bonds is 3. The van der Waals surface area contributed by atoms with Gasteiger partial charge in [0.1, 0.15) is 5.60 Å². The van der Waals surface area contributed by atoms with E-state index in [2.05, 4.69) is 0 Å². The summed E-state index contributed by atoms with van der Waals surface area (Å²) in [6, 6.07) is 18.8. The molecule has 2 aromatic carbocycles. The van der Waals surface area contributed by atoms with E-state index in [0.29, 0.717) is 12.0 Å². The monoisotopic (exact) mass is 356 g/mol. The molecule has 132 valence electrons. The first-order valence-corrected chi connectivity index (χ1v) is 10.2. The Hall–Kier alpha value is -1.91. The molecule has 0 bridgehead atoms. The van der Waals surface area contributed by atoms with Gasteiger partial charge in [-0.2, -0.15) is 0 Å². The number of hydrogen-bond donors (Lipinski definition) is 1. The van der Waals surface area contributed by atoms with Crippen LogP contribution >= 0.6 is 0 Å². The molecular formula is C21H24O3S. The van der Waals surface area contributed by atoms with Crippen molar-refractivity contribution in [3.8, 4) is 0 Å². The molecular weight excluding hydrogens is 332 g/mol. The van der Waals surface area contributed by atoms with Crippen molar-refractivity contribution in [3.05, 3.63) is 83.4 Å². The Morgan fingerprint density at radius 2 is 1.60 bits per heavy atom. The minimum Gasteiger partial charge on any atom is -0.384 e. The number of aliphatic hydroxyl groups is 1. The van der Waals surface area contributed by atoms with Crippen molar-refractivity contribution in [1.29, 1.82) is 0 Å². The SMILES string of the molecule is CC(C)=CC1C(c2ccccc2)CC(O)(c2ccccc2)CS1(=O)=O. The molecule has 4 heteroatoms. The molecule has 3 atom stereocenters. The third kappa shape index (κ3) is 3.70. The van der Waals surface area contributed by atoms with E-state index in [4.69, 9.17) is 0 Å². The van der Waals surface area contributed by atoms with Gasteiger partial charge in [-0.05, 0) is 31.4 Å². The Kier molecular flexibility index (Phi) is 4.85. The second-order valence-electron chi connectivity index (χ2n) is 7.13.